The van der Waals surface area contributed by atoms with Gasteiger partial charge in [-0.1, -0.05) is 43.3 Å². The summed E-state index contributed by atoms with van der Waals surface area (Å²) in [6, 6.07) is 0. The van der Waals surface area contributed by atoms with Crippen molar-refractivity contribution in [3.05, 3.63) is 11.1 Å². The fourth-order valence-electron chi connectivity index (χ4n) is 0.929. The molecule has 0 aromatic heterocycles. The van der Waals surface area contributed by atoms with Gasteiger partial charge in [-0.15, -0.1) is 0 Å². The van der Waals surface area contributed by atoms with Crippen LogP contribution in [0.2, 0.25) is 18.1 Å². The van der Waals surface area contributed by atoms with Crippen molar-refractivity contribution in [2.45, 2.75) is 51.4 Å². The van der Waals surface area contributed by atoms with E-state index in [1.807, 2.05) is 0 Å². The minimum Gasteiger partial charge on any atom is -0.409 e. The van der Waals surface area contributed by atoms with Crippen LogP contribution in [0.25, 0.3) is 0 Å². The first kappa shape index (κ1) is 15.4. The number of hydrogen-bond donors (Lipinski definition) is 1. The highest BCUT2D eigenvalue weighted by Crippen LogP contribution is 2.38. The zero-order valence-electron chi connectivity index (χ0n) is 10.4. The summed E-state index contributed by atoms with van der Waals surface area (Å²) in [5, 5.41) is 9.14. The quantitative estimate of drug-likeness (QED) is 0.784. The van der Waals surface area contributed by atoms with Crippen LogP contribution in [0.5, 0.6) is 0 Å². The zero-order valence-corrected chi connectivity index (χ0v) is 13.0. The smallest absolute Gasteiger partial charge is 0.192 e. The second-order valence-corrected chi connectivity index (χ2v) is 11.1. The molecule has 0 aromatic rings. The molecule has 0 heterocycles. The lowest BCUT2D eigenvalue weighted by Gasteiger charge is -2.39. The van der Waals surface area contributed by atoms with Gasteiger partial charge in [0.25, 0.3) is 0 Å². The molecule has 0 spiro atoms. The molecular weight excluding hydrogens is 272 g/mol. The molecule has 90 valence electrons. The van der Waals surface area contributed by atoms with Gasteiger partial charge in [0, 0.05) is 17.5 Å². The van der Waals surface area contributed by atoms with Gasteiger partial charge in [0.2, 0.25) is 0 Å². The predicted octanol–water partition coefficient (Wildman–Crippen LogP) is 3.67. The van der Waals surface area contributed by atoms with E-state index < -0.39 is 8.32 Å². The monoisotopic (exact) mass is 294 g/mol. The molecule has 0 bridgehead atoms. The number of rotatable bonds is 5. The molecule has 0 amide bonds. The number of halogens is 1. The van der Waals surface area contributed by atoms with Gasteiger partial charge in [0.05, 0.1) is 6.10 Å². The van der Waals surface area contributed by atoms with Gasteiger partial charge in [-0.3, -0.25) is 0 Å². The van der Waals surface area contributed by atoms with Crippen LogP contribution >= 0.6 is 15.9 Å². The first-order valence-corrected chi connectivity index (χ1v) is 8.95. The van der Waals surface area contributed by atoms with Crippen LogP contribution in [-0.4, -0.2) is 26.1 Å². The average Bonchev–Trinajstić information content (AvgIpc) is 2.00. The van der Waals surface area contributed by atoms with Crippen molar-refractivity contribution in [3.63, 3.8) is 0 Å². The Hall–Kier alpha value is 0.357. The van der Waals surface area contributed by atoms with Crippen LogP contribution in [0.1, 0.15) is 27.2 Å². The summed E-state index contributed by atoms with van der Waals surface area (Å²) in [6.45, 7) is 15.0. The fraction of sp³-hybridized carbons (Fsp3) is 0.818. The third kappa shape index (κ3) is 4.81. The molecule has 1 atom stereocenters. The van der Waals surface area contributed by atoms with Crippen LogP contribution in [0.4, 0.5) is 0 Å². The minimum absolute atomic E-state index is 0.0732. The average molecular weight is 295 g/mol. The Kier molecular flexibility index (Phi) is 5.75. The van der Waals surface area contributed by atoms with E-state index in [9.17, 15) is 0 Å². The molecule has 1 N–H and O–H groups in total. The number of hydrogen-bond acceptors (Lipinski definition) is 2. The summed E-state index contributed by atoms with van der Waals surface area (Å²) in [7, 11) is -1.77. The van der Waals surface area contributed by atoms with Gasteiger partial charge >= 0.3 is 0 Å². The van der Waals surface area contributed by atoms with E-state index in [0.29, 0.717) is 6.42 Å². The van der Waals surface area contributed by atoms with Crippen molar-refractivity contribution in [2.24, 2.45) is 0 Å². The molecule has 2 nitrogen and oxygen atoms in total. The maximum atomic E-state index is 8.96. The van der Waals surface area contributed by atoms with Crippen molar-refractivity contribution in [1.29, 1.82) is 0 Å². The highest BCUT2D eigenvalue weighted by atomic mass is 79.9. The highest BCUT2D eigenvalue weighted by Gasteiger charge is 2.39. The molecule has 4 heteroatoms. The molecule has 0 rings (SSSR count). The van der Waals surface area contributed by atoms with Gasteiger partial charge in [-0.05, 0) is 18.1 Å². The van der Waals surface area contributed by atoms with Gasteiger partial charge in [-0.25, -0.2) is 0 Å². The van der Waals surface area contributed by atoms with Crippen molar-refractivity contribution in [2.75, 3.05) is 6.61 Å². The van der Waals surface area contributed by atoms with Crippen molar-refractivity contribution in [3.8, 4) is 0 Å². The van der Waals surface area contributed by atoms with Crippen LogP contribution in [-0.2, 0) is 4.43 Å². The van der Waals surface area contributed by atoms with E-state index in [0.717, 1.165) is 4.48 Å². The first-order valence-electron chi connectivity index (χ1n) is 5.25. The Balaban J connectivity index is 4.59. The molecule has 0 aliphatic rings. The summed E-state index contributed by atoms with van der Waals surface area (Å²) in [4.78, 5) is 0. The third-order valence-electron chi connectivity index (χ3n) is 2.98. The minimum atomic E-state index is -1.77. The van der Waals surface area contributed by atoms with Gasteiger partial charge in [0.15, 0.2) is 8.32 Å². The summed E-state index contributed by atoms with van der Waals surface area (Å²) in [5.74, 6) is 0. The van der Waals surface area contributed by atoms with Crippen LogP contribution < -0.4 is 0 Å². The molecule has 0 aliphatic carbocycles. The van der Waals surface area contributed by atoms with Crippen molar-refractivity contribution in [1.82, 2.24) is 0 Å². The number of aliphatic hydroxyl groups is 1. The molecule has 0 saturated heterocycles. The standard InChI is InChI=1S/C11H23BrO2Si/c1-9(12)10(7-8-13)14-15(5,6)11(2,3)4/h10,13H,1,7-8H2,2-6H3. The molecule has 0 radical (unpaired) electrons. The van der Waals surface area contributed by atoms with E-state index in [1.54, 1.807) is 0 Å². The Morgan fingerprint density at radius 2 is 1.93 bits per heavy atom. The lowest BCUT2D eigenvalue weighted by atomic mass is 10.2. The molecule has 1 unspecified atom stereocenters. The van der Waals surface area contributed by atoms with Crippen LogP contribution in [0.15, 0.2) is 11.1 Å². The SMILES string of the molecule is C=C(Br)C(CCO)O[Si](C)(C)C(C)(C)C. The van der Waals surface area contributed by atoms with Crippen LogP contribution in [0, 0.1) is 0 Å². The Morgan fingerprint density at radius 3 is 2.20 bits per heavy atom. The molecular formula is C11H23BrO2Si. The van der Waals surface area contributed by atoms with E-state index in [2.05, 4.69) is 56.4 Å². The van der Waals surface area contributed by atoms with Crippen LogP contribution in [0.3, 0.4) is 0 Å². The van der Waals surface area contributed by atoms with E-state index in [1.165, 1.54) is 0 Å². The first-order chi connectivity index (χ1) is 6.62. The van der Waals surface area contributed by atoms with Gasteiger partial charge in [-0.2, -0.15) is 0 Å². The molecule has 0 saturated carbocycles. The summed E-state index contributed by atoms with van der Waals surface area (Å²) < 4.78 is 6.96. The third-order valence-corrected chi connectivity index (χ3v) is 7.98. The topological polar surface area (TPSA) is 29.5 Å². The lowest BCUT2D eigenvalue weighted by Crippen LogP contribution is -2.44. The molecule has 0 aliphatic heterocycles. The fourth-order valence-corrected chi connectivity index (χ4v) is 2.75. The summed E-state index contributed by atoms with van der Waals surface area (Å²) in [5.41, 5.74) is 0. The molecule has 15 heavy (non-hydrogen) atoms. The van der Waals surface area contributed by atoms with E-state index in [4.69, 9.17) is 9.53 Å². The van der Waals surface area contributed by atoms with Gasteiger partial charge < -0.3 is 9.53 Å². The maximum absolute atomic E-state index is 8.96. The normalized spacial score (nSPS) is 15.1. The zero-order chi connectivity index (χ0) is 12.3. The summed E-state index contributed by atoms with van der Waals surface area (Å²) >= 11 is 3.35. The van der Waals surface area contributed by atoms with Gasteiger partial charge in [0.1, 0.15) is 0 Å². The van der Waals surface area contributed by atoms with Crippen molar-refractivity contribution < 1.29 is 9.53 Å². The Bertz CT molecular complexity index is 221. The maximum Gasteiger partial charge on any atom is 0.192 e. The van der Waals surface area contributed by atoms with E-state index in [-0.39, 0.29) is 17.7 Å². The highest BCUT2D eigenvalue weighted by molar-refractivity contribution is 9.11. The number of aliphatic hydroxyl groups excluding tert-OH is 1. The second-order valence-electron chi connectivity index (χ2n) is 5.33. The van der Waals surface area contributed by atoms with Crippen molar-refractivity contribution >= 4 is 24.2 Å². The lowest BCUT2D eigenvalue weighted by molar-refractivity contribution is 0.172. The molecule has 0 aromatic carbocycles. The van der Waals surface area contributed by atoms with E-state index >= 15 is 0 Å². The Labute approximate surface area is 103 Å². The molecule has 0 fully saturated rings. The largest absolute Gasteiger partial charge is 0.409 e. The second kappa shape index (κ2) is 5.62. The predicted molar refractivity (Wildman–Crippen MR) is 71.8 cm³/mol. The Morgan fingerprint density at radius 1 is 1.47 bits per heavy atom. The summed E-state index contributed by atoms with van der Waals surface area (Å²) in [6.07, 6.45) is 0.534.